The van der Waals surface area contributed by atoms with Crippen LogP contribution in [0.4, 0.5) is 0 Å². The second-order valence-corrected chi connectivity index (χ2v) is 9.66. The molecular weight excluding hydrogens is 474 g/mol. The summed E-state index contributed by atoms with van der Waals surface area (Å²) in [7, 11) is -3.69. The van der Waals surface area contributed by atoms with E-state index >= 15 is 0 Å². The molecule has 1 fully saturated rings. The predicted octanol–water partition coefficient (Wildman–Crippen LogP) is 2.43. The molecule has 3 rings (SSSR count). The van der Waals surface area contributed by atoms with Crippen molar-refractivity contribution in [1.82, 2.24) is 15.6 Å². The van der Waals surface area contributed by atoms with Crippen molar-refractivity contribution >= 4 is 37.8 Å². The number of benzene rings is 2. The average Bonchev–Trinajstić information content (AvgIpc) is 3.49. The highest BCUT2D eigenvalue weighted by molar-refractivity contribution is 9.10. The smallest absolute Gasteiger partial charge is 0.279 e. The van der Waals surface area contributed by atoms with Crippen LogP contribution in [0.25, 0.3) is 0 Å². The fourth-order valence-electron chi connectivity index (χ4n) is 2.59. The van der Waals surface area contributed by atoms with Gasteiger partial charge in [0.25, 0.3) is 11.8 Å². The minimum absolute atomic E-state index is 0.00262. The molecule has 1 aliphatic rings. The Morgan fingerprint density at radius 2 is 1.87 bits per heavy atom. The van der Waals surface area contributed by atoms with Crippen molar-refractivity contribution in [2.24, 2.45) is 0 Å². The maximum Gasteiger partial charge on any atom is 0.279 e. The van der Waals surface area contributed by atoms with E-state index in [0.717, 1.165) is 17.3 Å². The highest BCUT2D eigenvalue weighted by Crippen LogP contribution is 2.23. The van der Waals surface area contributed by atoms with Gasteiger partial charge in [0.1, 0.15) is 5.75 Å². The molecule has 8 nitrogen and oxygen atoms in total. The molecule has 0 aliphatic heterocycles. The molecule has 1 unspecified atom stereocenters. The monoisotopic (exact) mass is 495 g/mol. The minimum Gasteiger partial charge on any atom is -0.481 e. The Kier molecular flexibility index (Phi) is 6.79. The van der Waals surface area contributed by atoms with Gasteiger partial charge in [0.05, 0.1) is 4.90 Å². The van der Waals surface area contributed by atoms with Gasteiger partial charge in [0.2, 0.25) is 10.0 Å². The first-order valence-electron chi connectivity index (χ1n) is 9.31. The second kappa shape index (κ2) is 9.15. The van der Waals surface area contributed by atoms with E-state index < -0.39 is 27.9 Å². The Bertz CT molecular complexity index is 1070. The number of carbonyl (C=O) groups excluding carboxylic acids is 2. The molecule has 0 bridgehead atoms. The van der Waals surface area contributed by atoms with E-state index in [-0.39, 0.29) is 16.5 Å². The van der Waals surface area contributed by atoms with Gasteiger partial charge in [-0.3, -0.25) is 20.4 Å². The molecular formula is C20H22BrN3O5S. The van der Waals surface area contributed by atoms with Gasteiger partial charge in [-0.25, -0.2) is 13.1 Å². The standard InChI is InChI=1S/C20H22BrN3O5S/c1-12-6-9-17(30(27,28)24-15-7-8-15)11-18(12)20(26)23-22-19(25)13(2)29-16-5-3-4-14(21)10-16/h3-6,9-11,13,15,24H,7-8H2,1-2H3,(H,22,25)(H,23,26). The summed E-state index contributed by atoms with van der Waals surface area (Å²) in [5.41, 5.74) is 5.33. The lowest BCUT2D eigenvalue weighted by Gasteiger charge is -2.16. The highest BCUT2D eigenvalue weighted by Gasteiger charge is 2.28. The number of nitrogens with one attached hydrogen (secondary N) is 3. The van der Waals surface area contributed by atoms with E-state index in [2.05, 4.69) is 31.5 Å². The van der Waals surface area contributed by atoms with Gasteiger partial charge in [-0.2, -0.15) is 0 Å². The normalized spacial score (nSPS) is 14.6. The van der Waals surface area contributed by atoms with Crippen LogP contribution in [0.5, 0.6) is 5.75 Å². The zero-order valence-electron chi connectivity index (χ0n) is 16.4. The molecule has 1 atom stereocenters. The van der Waals surface area contributed by atoms with E-state index in [1.807, 2.05) is 6.07 Å². The van der Waals surface area contributed by atoms with E-state index in [1.165, 1.54) is 12.1 Å². The number of rotatable bonds is 7. The summed E-state index contributed by atoms with van der Waals surface area (Å²) in [5, 5.41) is 0. The third-order valence-corrected chi connectivity index (χ3v) is 6.45. The van der Waals surface area contributed by atoms with Crippen LogP contribution in [0.3, 0.4) is 0 Å². The third kappa shape index (κ3) is 5.80. The average molecular weight is 496 g/mol. The number of amides is 2. The number of aryl methyl sites for hydroxylation is 1. The molecule has 2 aromatic carbocycles. The quantitative estimate of drug-likeness (QED) is 0.510. The zero-order chi connectivity index (χ0) is 21.9. The molecule has 2 amide bonds. The SMILES string of the molecule is Cc1ccc(S(=O)(=O)NC2CC2)cc1C(=O)NNC(=O)C(C)Oc1cccc(Br)c1. The van der Waals surface area contributed by atoms with Crippen LogP contribution < -0.4 is 20.3 Å². The summed E-state index contributed by atoms with van der Waals surface area (Å²) in [4.78, 5) is 24.8. The molecule has 10 heteroatoms. The minimum atomic E-state index is -3.69. The van der Waals surface area contributed by atoms with Gasteiger partial charge in [0.15, 0.2) is 6.10 Å². The van der Waals surface area contributed by atoms with Crippen molar-refractivity contribution in [3.8, 4) is 5.75 Å². The lowest BCUT2D eigenvalue weighted by molar-refractivity contribution is -0.128. The van der Waals surface area contributed by atoms with Gasteiger partial charge >= 0.3 is 0 Å². The fraction of sp³-hybridized carbons (Fsp3) is 0.300. The van der Waals surface area contributed by atoms with E-state index in [9.17, 15) is 18.0 Å². The first kappa shape index (κ1) is 22.3. The summed E-state index contributed by atoms with van der Waals surface area (Å²) in [5.74, 6) is -0.686. The van der Waals surface area contributed by atoms with Crippen LogP contribution in [0.1, 0.15) is 35.7 Å². The molecule has 0 aromatic heterocycles. The molecule has 160 valence electrons. The van der Waals surface area contributed by atoms with E-state index in [0.29, 0.717) is 11.3 Å². The van der Waals surface area contributed by atoms with Gasteiger partial charge in [0, 0.05) is 16.1 Å². The summed E-state index contributed by atoms with van der Waals surface area (Å²) in [6.07, 6.45) is 0.755. The van der Waals surface area contributed by atoms with Crippen LogP contribution in [0, 0.1) is 6.92 Å². The number of halogens is 1. The summed E-state index contributed by atoms with van der Waals surface area (Å²) >= 11 is 3.32. The number of hydrogen-bond acceptors (Lipinski definition) is 5. The van der Waals surface area contributed by atoms with Gasteiger partial charge in [-0.05, 0) is 62.6 Å². The molecule has 0 heterocycles. The lowest BCUT2D eigenvalue weighted by atomic mass is 10.1. The number of carbonyl (C=O) groups is 2. The fourth-order valence-corrected chi connectivity index (χ4v) is 4.30. The zero-order valence-corrected chi connectivity index (χ0v) is 18.8. The van der Waals surface area contributed by atoms with Crippen molar-refractivity contribution in [2.75, 3.05) is 0 Å². The topological polar surface area (TPSA) is 114 Å². The summed E-state index contributed by atoms with van der Waals surface area (Å²) in [6.45, 7) is 3.23. The number of hydrazine groups is 1. The number of hydrogen-bond donors (Lipinski definition) is 3. The molecule has 2 aromatic rings. The summed E-state index contributed by atoms with van der Waals surface area (Å²) in [6, 6.07) is 11.3. The number of sulfonamides is 1. The molecule has 0 spiro atoms. The Balaban J connectivity index is 1.62. The Labute approximate surface area is 183 Å². The Morgan fingerprint density at radius 3 is 2.53 bits per heavy atom. The van der Waals surface area contributed by atoms with Gasteiger partial charge in [-0.15, -0.1) is 0 Å². The van der Waals surface area contributed by atoms with Crippen LogP contribution in [-0.2, 0) is 14.8 Å². The molecule has 0 saturated heterocycles. The van der Waals surface area contributed by atoms with Crippen LogP contribution >= 0.6 is 15.9 Å². The van der Waals surface area contributed by atoms with Crippen molar-refractivity contribution in [2.45, 2.75) is 43.7 Å². The third-order valence-electron chi connectivity index (χ3n) is 4.44. The maximum absolute atomic E-state index is 12.5. The Morgan fingerprint density at radius 1 is 1.13 bits per heavy atom. The van der Waals surface area contributed by atoms with Crippen molar-refractivity contribution < 1.29 is 22.7 Å². The molecule has 1 saturated carbocycles. The first-order chi connectivity index (χ1) is 14.2. The van der Waals surface area contributed by atoms with Gasteiger partial charge < -0.3 is 4.74 Å². The molecule has 0 radical (unpaired) electrons. The molecule has 1 aliphatic carbocycles. The molecule has 3 N–H and O–H groups in total. The maximum atomic E-state index is 12.5. The molecule has 30 heavy (non-hydrogen) atoms. The van der Waals surface area contributed by atoms with Crippen molar-refractivity contribution in [3.05, 3.63) is 58.1 Å². The first-order valence-corrected chi connectivity index (χ1v) is 11.6. The largest absolute Gasteiger partial charge is 0.481 e. The van der Waals surface area contributed by atoms with Crippen LogP contribution in [-0.4, -0.2) is 32.4 Å². The van der Waals surface area contributed by atoms with Crippen LogP contribution in [0.2, 0.25) is 0 Å². The van der Waals surface area contributed by atoms with Crippen molar-refractivity contribution in [3.63, 3.8) is 0 Å². The van der Waals surface area contributed by atoms with Crippen LogP contribution in [0.15, 0.2) is 51.8 Å². The Hall–Kier alpha value is -2.43. The second-order valence-electron chi connectivity index (χ2n) is 7.03. The van der Waals surface area contributed by atoms with Gasteiger partial charge in [-0.1, -0.05) is 28.1 Å². The van der Waals surface area contributed by atoms with Crippen molar-refractivity contribution in [1.29, 1.82) is 0 Å². The number of ether oxygens (including phenoxy) is 1. The van der Waals surface area contributed by atoms with E-state index in [1.54, 1.807) is 38.1 Å². The highest BCUT2D eigenvalue weighted by atomic mass is 79.9. The predicted molar refractivity (Wildman–Crippen MR) is 114 cm³/mol. The summed E-state index contributed by atoms with van der Waals surface area (Å²) < 4.78 is 33.7. The lowest BCUT2D eigenvalue weighted by Crippen LogP contribution is -2.47. The van der Waals surface area contributed by atoms with E-state index in [4.69, 9.17) is 4.74 Å².